The summed E-state index contributed by atoms with van der Waals surface area (Å²) in [6, 6.07) is 9.22. The summed E-state index contributed by atoms with van der Waals surface area (Å²) in [6.45, 7) is 7.25. The Hall–Kier alpha value is -1.84. The first kappa shape index (κ1) is 15.2. The molecule has 1 atom stereocenters. The van der Waals surface area contributed by atoms with E-state index in [2.05, 4.69) is 10.6 Å². The van der Waals surface area contributed by atoms with E-state index in [0.29, 0.717) is 0 Å². The molecule has 1 aromatic carbocycles. The summed E-state index contributed by atoms with van der Waals surface area (Å²) >= 11 is 0. The zero-order valence-corrected chi connectivity index (χ0v) is 12.0. The van der Waals surface area contributed by atoms with Crippen molar-refractivity contribution in [1.82, 2.24) is 10.6 Å². The lowest BCUT2D eigenvalue weighted by molar-refractivity contribution is -0.123. The molecule has 1 rings (SSSR count). The van der Waals surface area contributed by atoms with Gasteiger partial charge < -0.3 is 10.6 Å². The van der Waals surface area contributed by atoms with E-state index in [4.69, 9.17) is 0 Å². The minimum atomic E-state index is -0.291. The molecule has 0 aliphatic rings. The number of hydrogen-bond donors (Lipinski definition) is 2. The maximum absolute atomic E-state index is 12.0. The molecule has 0 heterocycles. The molecule has 0 radical (unpaired) electrons. The maximum atomic E-state index is 12.0. The first-order valence-corrected chi connectivity index (χ1v) is 6.41. The Morgan fingerprint density at radius 3 is 2.21 bits per heavy atom. The number of amides is 2. The Bertz CT molecular complexity index is 435. The van der Waals surface area contributed by atoms with Crippen LogP contribution in [0.3, 0.4) is 0 Å². The third-order valence-corrected chi connectivity index (χ3v) is 2.48. The second kappa shape index (κ2) is 6.36. The van der Waals surface area contributed by atoms with Crippen LogP contribution >= 0.6 is 0 Å². The minimum absolute atomic E-state index is 0.0740. The maximum Gasteiger partial charge on any atom is 0.222 e. The third-order valence-electron chi connectivity index (χ3n) is 2.48. The van der Waals surface area contributed by atoms with Gasteiger partial charge in [-0.3, -0.25) is 9.59 Å². The quantitative estimate of drug-likeness (QED) is 0.873. The number of hydrogen-bond acceptors (Lipinski definition) is 2. The summed E-state index contributed by atoms with van der Waals surface area (Å²) in [5, 5.41) is 5.72. The molecule has 0 saturated carbocycles. The van der Waals surface area contributed by atoms with Gasteiger partial charge in [0.15, 0.2) is 0 Å². The van der Waals surface area contributed by atoms with Gasteiger partial charge in [0.05, 0.1) is 12.5 Å². The Morgan fingerprint density at radius 1 is 1.16 bits per heavy atom. The van der Waals surface area contributed by atoms with Crippen LogP contribution in [-0.4, -0.2) is 17.4 Å². The van der Waals surface area contributed by atoms with E-state index < -0.39 is 0 Å². The van der Waals surface area contributed by atoms with Crippen molar-refractivity contribution in [2.45, 2.75) is 45.7 Å². The lowest BCUT2D eigenvalue weighted by atomic mass is 10.0. The summed E-state index contributed by atoms with van der Waals surface area (Å²) in [4.78, 5) is 23.2. The Balaban J connectivity index is 2.76. The molecule has 0 aromatic heterocycles. The fourth-order valence-corrected chi connectivity index (χ4v) is 1.84. The van der Waals surface area contributed by atoms with Crippen molar-refractivity contribution in [3.63, 3.8) is 0 Å². The number of carbonyl (C=O) groups is 2. The van der Waals surface area contributed by atoms with Crippen molar-refractivity contribution in [3.8, 4) is 0 Å². The molecule has 2 amide bonds. The fourth-order valence-electron chi connectivity index (χ4n) is 1.84. The summed E-state index contributed by atoms with van der Waals surface area (Å²) in [7, 11) is 0. The number of carbonyl (C=O) groups excluding carboxylic acids is 2. The van der Waals surface area contributed by atoms with Crippen LogP contribution in [-0.2, 0) is 9.59 Å². The van der Waals surface area contributed by atoms with Gasteiger partial charge in [0.25, 0.3) is 0 Å². The van der Waals surface area contributed by atoms with Crippen LogP contribution in [0.15, 0.2) is 30.3 Å². The van der Waals surface area contributed by atoms with E-state index >= 15 is 0 Å². The van der Waals surface area contributed by atoms with Crippen molar-refractivity contribution < 1.29 is 9.59 Å². The van der Waals surface area contributed by atoms with Gasteiger partial charge in [-0.15, -0.1) is 0 Å². The van der Waals surface area contributed by atoms with Gasteiger partial charge in [0.2, 0.25) is 11.8 Å². The fraction of sp³-hybridized carbons (Fsp3) is 0.467. The second-order valence-corrected chi connectivity index (χ2v) is 5.67. The highest BCUT2D eigenvalue weighted by atomic mass is 16.2. The first-order chi connectivity index (χ1) is 8.78. The standard InChI is InChI=1S/C15H22N2O2/c1-11(18)16-13(12-8-6-5-7-9-12)10-14(19)17-15(2,3)4/h5-9,13H,10H2,1-4H3,(H,16,18)(H,17,19)/t13-/m0/s1. The minimum Gasteiger partial charge on any atom is -0.351 e. The summed E-state index contributed by atoms with van der Waals surface area (Å²) < 4.78 is 0. The SMILES string of the molecule is CC(=O)N[C@@H](CC(=O)NC(C)(C)C)c1ccccc1. The molecule has 0 saturated heterocycles. The number of benzene rings is 1. The highest BCUT2D eigenvalue weighted by Gasteiger charge is 2.20. The van der Waals surface area contributed by atoms with Crippen LogP contribution in [0.4, 0.5) is 0 Å². The van der Waals surface area contributed by atoms with Gasteiger partial charge in [0, 0.05) is 12.5 Å². The molecule has 0 aliphatic carbocycles. The van der Waals surface area contributed by atoms with Crippen LogP contribution < -0.4 is 10.6 Å². The summed E-state index contributed by atoms with van der Waals surface area (Å²) in [6.07, 6.45) is 0.237. The average molecular weight is 262 g/mol. The first-order valence-electron chi connectivity index (χ1n) is 6.41. The van der Waals surface area contributed by atoms with E-state index in [9.17, 15) is 9.59 Å². The molecule has 4 nitrogen and oxygen atoms in total. The smallest absolute Gasteiger partial charge is 0.222 e. The van der Waals surface area contributed by atoms with Crippen molar-refractivity contribution >= 4 is 11.8 Å². The van der Waals surface area contributed by atoms with Crippen LogP contribution in [0.2, 0.25) is 0 Å². The van der Waals surface area contributed by atoms with Crippen LogP contribution in [0, 0.1) is 0 Å². The monoisotopic (exact) mass is 262 g/mol. The van der Waals surface area contributed by atoms with Crippen molar-refractivity contribution in [2.75, 3.05) is 0 Å². The van der Waals surface area contributed by atoms with E-state index in [1.165, 1.54) is 6.92 Å². The lowest BCUT2D eigenvalue weighted by Gasteiger charge is -2.23. The lowest BCUT2D eigenvalue weighted by Crippen LogP contribution is -2.42. The summed E-state index contributed by atoms with van der Waals surface area (Å²) in [5.41, 5.74) is 0.663. The molecule has 0 bridgehead atoms. The van der Waals surface area contributed by atoms with Crippen LogP contribution in [0.1, 0.15) is 45.7 Å². The summed E-state index contributed by atoms with van der Waals surface area (Å²) in [5.74, 6) is -0.215. The van der Waals surface area contributed by atoms with Gasteiger partial charge in [-0.05, 0) is 26.3 Å². The van der Waals surface area contributed by atoms with E-state index in [0.717, 1.165) is 5.56 Å². The molecule has 0 spiro atoms. The molecule has 4 heteroatoms. The van der Waals surface area contributed by atoms with Gasteiger partial charge in [-0.2, -0.15) is 0 Å². The number of nitrogens with one attached hydrogen (secondary N) is 2. The molecule has 1 aromatic rings. The van der Waals surface area contributed by atoms with Gasteiger partial charge in [0.1, 0.15) is 0 Å². The average Bonchev–Trinajstić information content (AvgIpc) is 2.26. The molecule has 19 heavy (non-hydrogen) atoms. The topological polar surface area (TPSA) is 58.2 Å². The third kappa shape index (κ3) is 6.04. The number of rotatable bonds is 4. The molecule has 104 valence electrons. The van der Waals surface area contributed by atoms with Gasteiger partial charge >= 0.3 is 0 Å². The second-order valence-electron chi connectivity index (χ2n) is 5.67. The van der Waals surface area contributed by atoms with E-state index in [1.807, 2.05) is 51.1 Å². The molecule has 2 N–H and O–H groups in total. The zero-order valence-electron chi connectivity index (χ0n) is 12.0. The largest absolute Gasteiger partial charge is 0.351 e. The molecular weight excluding hydrogens is 240 g/mol. The Morgan fingerprint density at radius 2 is 1.74 bits per heavy atom. The van der Waals surface area contributed by atoms with Crippen molar-refractivity contribution in [3.05, 3.63) is 35.9 Å². The predicted octanol–water partition coefficient (Wildman–Crippen LogP) is 2.17. The highest BCUT2D eigenvalue weighted by Crippen LogP contribution is 2.17. The van der Waals surface area contributed by atoms with E-state index in [-0.39, 0.29) is 29.8 Å². The molecular formula is C15H22N2O2. The Kier molecular flexibility index (Phi) is 5.10. The molecule has 0 aliphatic heterocycles. The van der Waals surface area contributed by atoms with Crippen molar-refractivity contribution in [1.29, 1.82) is 0 Å². The normalized spacial score (nSPS) is 12.6. The van der Waals surface area contributed by atoms with Gasteiger partial charge in [-0.25, -0.2) is 0 Å². The van der Waals surface area contributed by atoms with Crippen LogP contribution in [0.25, 0.3) is 0 Å². The zero-order chi connectivity index (χ0) is 14.5. The van der Waals surface area contributed by atoms with Gasteiger partial charge in [-0.1, -0.05) is 30.3 Å². The Labute approximate surface area is 114 Å². The molecule has 0 unspecified atom stereocenters. The van der Waals surface area contributed by atoms with E-state index in [1.54, 1.807) is 0 Å². The van der Waals surface area contributed by atoms with Crippen molar-refractivity contribution in [2.24, 2.45) is 0 Å². The predicted molar refractivity (Wildman–Crippen MR) is 75.5 cm³/mol. The van der Waals surface area contributed by atoms with Crippen LogP contribution in [0.5, 0.6) is 0 Å². The highest BCUT2D eigenvalue weighted by molar-refractivity contribution is 5.79. The molecule has 0 fully saturated rings.